The standard InChI is InChI=1S/C11H15F2N3O2/c12-8-5-9(13)11(15-10(8)16-14)18-6-7-3-1-2-4-17-7/h5,7H,1-4,6,14H2,(H,15,16). The van der Waals surface area contributed by atoms with Crippen molar-refractivity contribution in [1.29, 1.82) is 0 Å². The van der Waals surface area contributed by atoms with Gasteiger partial charge in [0.1, 0.15) is 6.61 Å². The van der Waals surface area contributed by atoms with Crippen molar-refractivity contribution in [3.05, 3.63) is 17.7 Å². The first kappa shape index (κ1) is 13.0. The molecule has 18 heavy (non-hydrogen) atoms. The highest BCUT2D eigenvalue weighted by molar-refractivity contribution is 5.38. The van der Waals surface area contributed by atoms with Gasteiger partial charge in [-0.3, -0.25) is 0 Å². The molecule has 0 spiro atoms. The van der Waals surface area contributed by atoms with Crippen LogP contribution in [0.1, 0.15) is 19.3 Å². The lowest BCUT2D eigenvalue weighted by molar-refractivity contribution is -0.0126. The molecule has 1 aliphatic heterocycles. The lowest BCUT2D eigenvalue weighted by Gasteiger charge is -2.22. The molecular formula is C11H15F2N3O2. The van der Waals surface area contributed by atoms with Gasteiger partial charge in [0, 0.05) is 12.7 Å². The molecule has 1 aromatic rings. The van der Waals surface area contributed by atoms with Gasteiger partial charge in [-0.15, -0.1) is 0 Å². The van der Waals surface area contributed by atoms with Crippen LogP contribution >= 0.6 is 0 Å². The maximum absolute atomic E-state index is 13.4. The minimum absolute atomic E-state index is 0.0701. The van der Waals surface area contributed by atoms with E-state index in [4.69, 9.17) is 15.3 Å². The van der Waals surface area contributed by atoms with Gasteiger partial charge in [-0.25, -0.2) is 14.6 Å². The first-order valence-electron chi connectivity index (χ1n) is 5.77. The SMILES string of the molecule is NNc1nc(OCC2CCCCO2)c(F)cc1F. The lowest BCUT2D eigenvalue weighted by atomic mass is 10.1. The molecule has 0 bridgehead atoms. The topological polar surface area (TPSA) is 69.4 Å². The predicted molar refractivity (Wildman–Crippen MR) is 61.0 cm³/mol. The summed E-state index contributed by atoms with van der Waals surface area (Å²) in [5.41, 5.74) is 2.04. The summed E-state index contributed by atoms with van der Waals surface area (Å²) >= 11 is 0. The van der Waals surface area contributed by atoms with Crippen LogP contribution < -0.4 is 16.0 Å². The smallest absolute Gasteiger partial charge is 0.252 e. The quantitative estimate of drug-likeness (QED) is 0.635. The van der Waals surface area contributed by atoms with Gasteiger partial charge >= 0.3 is 0 Å². The fraction of sp³-hybridized carbons (Fsp3) is 0.545. The maximum Gasteiger partial charge on any atom is 0.252 e. The Bertz CT molecular complexity index is 412. The molecule has 0 aromatic carbocycles. The van der Waals surface area contributed by atoms with Gasteiger partial charge in [0.15, 0.2) is 17.5 Å². The van der Waals surface area contributed by atoms with Crippen molar-refractivity contribution in [2.24, 2.45) is 5.84 Å². The molecule has 3 N–H and O–H groups in total. The van der Waals surface area contributed by atoms with E-state index in [1.165, 1.54) is 0 Å². The van der Waals surface area contributed by atoms with E-state index in [1.54, 1.807) is 0 Å². The summed E-state index contributed by atoms with van der Waals surface area (Å²) in [6.45, 7) is 0.878. The Labute approximate surface area is 103 Å². The molecule has 5 nitrogen and oxygen atoms in total. The van der Waals surface area contributed by atoms with E-state index in [-0.39, 0.29) is 24.4 Å². The summed E-state index contributed by atoms with van der Waals surface area (Å²) in [4.78, 5) is 3.61. The van der Waals surface area contributed by atoms with Crippen LogP contribution in [0.4, 0.5) is 14.6 Å². The van der Waals surface area contributed by atoms with Crippen molar-refractivity contribution < 1.29 is 18.3 Å². The van der Waals surface area contributed by atoms with Crippen LogP contribution in [0.25, 0.3) is 0 Å². The Kier molecular flexibility index (Phi) is 4.27. The Hall–Kier alpha value is -1.47. The van der Waals surface area contributed by atoms with E-state index >= 15 is 0 Å². The summed E-state index contributed by atoms with van der Waals surface area (Å²) in [7, 11) is 0. The number of hydrazine groups is 1. The molecule has 100 valence electrons. The van der Waals surface area contributed by atoms with Crippen LogP contribution in [0.5, 0.6) is 5.88 Å². The van der Waals surface area contributed by atoms with E-state index in [1.807, 2.05) is 5.43 Å². The number of anilines is 1. The van der Waals surface area contributed by atoms with Crippen molar-refractivity contribution >= 4 is 5.82 Å². The summed E-state index contributed by atoms with van der Waals surface area (Å²) in [6, 6.07) is 0.680. The van der Waals surface area contributed by atoms with Crippen molar-refractivity contribution in [1.82, 2.24) is 4.98 Å². The second-order valence-electron chi connectivity index (χ2n) is 4.05. The van der Waals surface area contributed by atoms with Crippen molar-refractivity contribution in [2.75, 3.05) is 18.6 Å². The van der Waals surface area contributed by atoms with Gasteiger partial charge in [-0.05, 0) is 19.3 Å². The van der Waals surface area contributed by atoms with E-state index in [9.17, 15) is 8.78 Å². The van der Waals surface area contributed by atoms with Crippen molar-refractivity contribution in [3.8, 4) is 5.88 Å². The van der Waals surface area contributed by atoms with Gasteiger partial charge < -0.3 is 14.9 Å². The molecule has 2 rings (SSSR count). The number of ether oxygens (including phenoxy) is 2. The van der Waals surface area contributed by atoms with E-state index < -0.39 is 11.6 Å². The fourth-order valence-electron chi connectivity index (χ4n) is 1.76. The minimum Gasteiger partial charge on any atom is -0.473 e. The third-order valence-corrected chi connectivity index (χ3v) is 2.71. The number of nitrogens with one attached hydrogen (secondary N) is 1. The molecule has 1 unspecified atom stereocenters. The summed E-state index contributed by atoms with van der Waals surface area (Å²) < 4.78 is 37.1. The number of nitrogens with two attached hydrogens (primary N) is 1. The van der Waals surface area contributed by atoms with Crippen LogP contribution in [0, 0.1) is 11.6 Å². The average molecular weight is 259 g/mol. The molecular weight excluding hydrogens is 244 g/mol. The number of hydrogen-bond acceptors (Lipinski definition) is 5. The number of hydrogen-bond donors (Lipinski definition) is 2. The molecule has 1 aliphatic rings. The molecule has 1 saturated heterocycles. The van der Waals surface area contributed by atoms with Crippen LogP contribution in [-0.2, 0) is 4.74 Å². The Morgan fingerprint density at radius 2 is 2.28 bits per heavy atom. The summed E-state index contributed by atoms with van der Waals surface area (Å²) in [6.07, 6.45) is 2.88. The van der Waals surface area contributed by atoms with Crippen LogP contribution in [0.2, 0.25) is 0 Å². The van der Waals surface area contributed by atoms with Gasteiger partial charge in [0.2, 0.25) is 0 Å². The summed E-state index contributed by atoms with van der Waals surface area (Å²) in [5.74, 6) is 2.80. The zero-order valence-electron chi connectivity index (χ0n) is 9.79. The number of halogens is 2. The molecule has 1 aromatic heterocycles. The maximum atomic E-state index is 13.4. The molecule has 0 radical (unpaired) electrons. The average Bonchev–Trinajstić information content (AvgIpc) is 2.39. The number of pyridine rings is 1. The summed E-state index contributed by atoms with van der Waals surface area (Å²) in [5, 5.41) is 0. The number of nitrogens with zero attached hydrogens (tertiary/aromatic N) is 1. The molecule has 2 heterocycles. The van der Waals surface area contributed by atoms with Crippen LogP contribution in [0.3, 0.4) is 0 Å². The predicted octanol–water partition coefficient (Wildman–Crippen LogP) is 1.59. The molecule has 0 aliphatic carbocycles. The van der Waals surface area contributed by atoms with Gasteiger partial charge in [0.05, 0.1) is 6.10 Å². The molecule has 0 amide bonds. The zero-order chi connectivity index (χ0) is 13.0. The molecule has 1 atom stereocenters. The van der Waals surface area contributed by atoms with Gasteiger partial charge in [-0.1, -0.05) is 0 Å². The second kappa shape index (κ2) is 5.92. The number of nitrogen functional groups attached to an aromatic ring is 1. The van der Waals surface area contributed by atoms with Crippen molar-refractivity contribution in [2.45, 2.75) is 25.4 Å². The van der Waals surface area contributed by atoms with Crippen LogP contribution in [-0.4, -0.2) is 24.3 Å². The highest BCUT2D eigenvalue weighted by Gasteiger charge is 2.17. The normalized spacial score (nSPS) is 19.6. The number of aromatic nitrogens is 1. The first-order chi connectivity index (χ1) is 8.70. The first-order valence-corrected chi connectivity index (χ1v) is 5.77. The third-order valence-electron chi connectivity index (χ3n) is 2.71. The Morgan fingerprint density at radius 3 is 2.94 bits per heavy atom. The molecule has 1 fully saturated rings. The van der Waals surface area contributed by atoms with Crippen molar-refractivity contribution in [3.63, 3.8) is 0 Å². The highest BCUT2D eigenvalue weighted by atomic mass is 19.1. The van der Waals surface area contributed by atoms with Crippen LogP contribution in [0.15, 0.2) is 6.07 Å². The highest BCUT2D eigenvalue weighted by Crippen LogP contribution is 2.21. The third kappa shape index (κ3) is 3.05. The van der Waals surface area contributed by atoms with E-state index in [2.05, 4.69) is 4.98 Å². The van der Waals surface area contributed by atoms with E-state index in [0.29, 0.717) is 12.7 Å². The molecule has 0 saturated carbocycles. The Morgan fingerprint density at radius 1 is 1.44 bits per heavy atom. The minimum atomic E-state index is -0.865. The Balaban J connectivity index is 1.99. The largest absolute Gasteiger partial charge is 0.473 e. The monoisotopic (exact) mass is 259 g/mol. The van der Waals surface area contributed by atoms with E-state index in [0.717, 1.165) is 19.3 Å². The van der Waals surface area contributed by atoms with Gasteiger partial charge in [0.25, 0.3) is 5.88 Å². The lowest BCUT2D eigenvalue weighted by Crippen LogP contribution is -2.26. The second-order valence-corrected chi connectivity index (χ2v) is 4.05. The number of rotatable bonds is 4. The zero-order valence-corrected chi connectivity index (χ0v) is 9.79. The fourth-order valence-corrected chi connectivity index (χ4v) is 1.76. The molecule has 7 heteroatoms. The van der Waals surface area contributed by atoms with Gasteiger partial charge in [-0.2, -0.15) is 4.98 Å².